The first-order chi connectivity index (χ1) is 16.0. The Morgan fingerprint density at radius 3 is 2.97 bits per heavy atom. The lowest BCUT2D eigenvalue weighted by atomic mass is 10.1. The molecule has 164 valence electrons. The molecule has 3 aromatic heterocycles. The zero-order valence-corrected chi connectivity index (χ0v) is 18.7. The Kier molecular flexibility index (Phi) is 5.15. The number of carbonyl (C=O) groups is 2. The summed E-state index contributed by atoms with van der Waals surface area (Å²) < 4.78 is 6.15. The summed E-state index contributed by atoms with van der Waals surface area (Å²) in [4.78, 5) is 30.4. The molecular weight excluding hydrogens is 436 g/mol. The largest absolute Gasteiger partial charge is 0.383 e. The fraction of sp³-hybridized carbons (Fsp3) is 0.208. The van der Waals surface area contributed by atoms with Gasteiger partial charge in [-0.15, -0.1) is 0 Å². The van der Waals surface area contributed by atoms with E-state index in [0.717, 1.165) is 16.5 Å². The molecule has 33 heavy (non-hydrogen) atoms. The highest BCUT2D eigenvalue weighted by molar-refractivity contribution is 7.04. The van der Waals surface area contributed by atoms with Crippen LogP contribution in [0.15, 0.2) is 42.4 Å². The van der Waals surface area contributed by atoms with E-state index in [9.17, 15) is 9.59 Å². The summed E-state index contributed by atoms with van der Waals surface area (Å²) in [5.74, 6) is 6.26. The van der Waals surface area contributed by atoms with E-state index in [1.165, 1.54) is 30.7 Å². The fourth-order valence-electron chi connectivity index (χ4n) is 4.15. The molecule has 0 radical (unpaired) electrons. The summed E-state index contributed by atoms with van der Waals surface area (Å²) in [6.45, 7) is 6.11. The minimum atomic E-state index is -0.140. The number of nitrogens with two attached hydrogens (primary N) is 1. The standard InChI is InChI=1S/C24H20N6O2S/c1-3-21(32)29-9-8-17(12-29)30-23-18(14(2)31)11-26-24(25)22(23)19(27-30)7-5-15-4-6-16-13-33-28-20(16)10-15/h3-4,6,10-11,13,17H,1,8-9,12H2,2H3,(H2,25,26)/t17-/m0/s1. The number of benzene rings is 1. The molecular formula is C24H20N6O2S. The third-order valence-electron chi connectivity index (χ3n) is 5.82. The molecule has 1 amide bonds. The molecule has 0 unspecified atom stereocenters. The van der Waals surface area contributed by atoms with Gasteiger partial charge in [0.2, 0.25) is 5.91 Å². The first kappa shape index (κ1) is 20.8. The number of Topliss-reactive ketones (excluding diaryl/α,β-unsaturated/α-hetero) is 1. The van der Waals surface area contributed by atoms with Crippen molar-refractivity contribution in [1.29, 1.82) is 0 Å². The number of nitrogens with zero attached hydrogens (tertiary/aromatic N) is 5. The number of hydrogen-bond acceptors (Lipinski definition) is 7. The average Bonchev–Trinajstić information content (AvgIpc) is 3.55. The molecule has 9 heteroatoms. The molecule has 1 aromatic carbocycles. The van der Waals surface area contributed by atoms with Crippen molar-refractivity contribution in [2.45, 2.75) is 19.4 Å². The van der Waals surface area contributed by atoms with Crippen LogP contribution in [0, 0.1) is 11.8 Å². The highest BCUT2D eigenvalue weighted by atomic mass is 32.1. The lowest BCUT2D eigenvalue weighted by molar-refractivity contribution is -0.125. The third kappa shape index (κ3) is 3.64. The number of aromatic nitrogens is 4. The van der Waals surface area contributed by atoms with Crippen LogP contribution in [-0.4, -0.2) is 48.8 Å². The summed E-state index contributed by atoms with van der Waals surface area (Å²) >= 11 is 1.40. The Morgan fingerprint density at radius 2 is 2.18 bits per heavy atom. The highest BCUT2D eigenvalue weighted by Gasteiger charge is 2.30. The zero-order valence-electron chi connectivity index (χ0n) is 17.9. The third-order valence-corrected chi connectivity index (χ3v) is 6.48. The van der Waals surface area contributed by atoms with Gasteiger partial charge in [-0.05, 0) is 49.0 Å². The van der Waals surface area contributed by atoms with Crippen molar-refractivity contribution in [2.24, 2.45) is 0 Å². The Bertz CT molecular complexity index is 1510. The fourth-order valence-corrected chi connectivity index (χ4v) is 4.78. The van der Waals surface area contributed by atoms with Crippen molar-refractivity contribution in [1.82, 2.24) is 24.0 Å². The van der Waals surface area contributed by atoms with Crippen molar-refractivity contribution in [3.05, 3.63) is 59.3 Å². The Balaban J connectivity index is 1.64. The van der Waals surface area contributed by atoms with Crippen LogP contribution in [-0.2, 0) is 4.79 Å². The van der Waals surface area contributed by atoms with E-state index >= 15 is 0 Å². The Labute approximate surface area is 193 Å². The van der Waals surface area contributed by atoms with Gasteiger partial charge in [-0.1, -0.05) is 18.6 Å². The van der Waals surface area contributed by atoms with Crippen LogP contribution >= 0.6 is 11.5 Å². The molecule has 0 saturated carbocycles. The predicted octanol–water partition coefficient (Wildman–Crippen LogP) is 3.19. The van der Waals surface area contributed by atoms with E-state index in [0.29, 0.717) is 41.7 Å². The topological polar surface area (TPSA) is 107 Å². The zero-order chi connectivity index (χ0) is 23.1. The molecule has 1 aliphatic rings. The van der Waals surface area contributed by atoms with Gasteiger partial charge in [-0.3, -0.25) is 14.3 Å². The van der Waals surface area contributed by atoms with Crippen molar-refractivity contribution >= 4 is 50.8 Å². The van der Waals surface area contributed by atoms with E-state index in [4.69, 9.17) is 10.8 Å². The molecule has 1 aliphatic heterocycles. The smallest absolute Gasteiger partial charge is 0.246 e. The molecule has 2 N–H and O–H groups in total. The summed E-state index contributed by atoms with van der Waals surface area (Å²) in [6, 6.07) is 5.73. The van der Waals surface area contributed by atoms with E-state index in [2.05, 4.69) is 27.8 Å². The molecule has 1 saturated heterocycles. The van der Waals surface area contributed by atoms with Crippen LogP contribution in [0.2, 0.25) is 0 Å². The van der Waals surface area contributed by atoms with Gasteiger partial charge in [-0.25, -0.2) is 4.98 Å². The number of hydrogen-bond donors (Lipinski definition) is 1. The second-order valence-electron chi connectivity index (χ2n) is 7.90. The molecule has 4 heterocycles. The second kappa shape index (κ2) is 8.15. The van der Waals surface area contributed by atoms with Crippen LogP contribution in [0.1, 0.15) is 41.0 Å². The summed E-state index contributed by atoms with van der Waals surface area (Å²) in [5.41, 5.74) is 9.40. The van der Waals surface area contributed by atoms with Gasteiger partial charge in [-0.2, -0.15) is 9.47 Å². The molecule has 5 rings (SSSR count). The van der Waals surface area contributed by atoms with Crippen LogP contribution in [0.4, 0.5) is 5.82 Å². The van der Waals surface area contributed by atoms with Crippen LogP contribution in [0.5, 0.6) is 0 Å². The quantitative estimate of drug-likeness (QED) is 0.288. The van der Waals surface area contributed by atoms with Gasteiger partial charge in [0.15, 0.2) is 5.78 Å². The molecule has 4 aromatic rings. The Hall–Kier alpha value is -4.03. The Morgan fingerprint density at radius 1 is 1.33 bits per heavy atom. The number of pyridine rings is 1. The molecule has 0 spiro atoms. The number of nitrogen functional groups attached to an aromatic ring is 1. The van der Waals surface area contributed by atoms with Crippen molar-refractivity contribution in [3.8, 4) is 11.8 Å². The molecule has 0 bridgehead atoms. The van der Waals surface area contributed by atoms with Gasteiger partial charge >= 0.3 is 0 Å². The summed E-state index contributed by atoms with van der Waals surface area (Å²) in [6.07, 6.45) is 3.49. The number of likely N-dealkylation sites (tertiary alicyclic amines) is 1. The molecule has 0 aliphatic carbocycles. The van der Waals surface area contributed by atoms with Gasteiger partial charge in [0.05, 0.1) is 28.0 Å². The second-order valence-corrected chi connectivity index (χ2v) is 8.53. The van der Waals surface area contributed by atoms with Crippen LogP contribution in [0.25, 0.3) is 21.8 Å². The van der Waals surface area contributed by atoms with Crippen molar-refractivity contribution in [3.63, 3.8) is 0 Å². The van der Waals surface area contributed by atoms with Gasteiger partial charge in [0, 0.05) is 35.6 Å². The number of amides is 1. The minimum absolute atomic E-state index is 0.113. The number of fused-ring (bicyclic) bond motifs is 2. The SMILES string of the molecule is C=CC(=O)N1CC[C@H](n2nc(C#Cc3ccc4csnc4c3)c3c(N)ncc(C(C)=O)c32)C1. The number of anilines is 1. The average molecular weight is 457 g/mol. The number of carbonyl (C=O) groups excluding carboxylic acids is 2. The monoisotopic (exact) mass is 456 g/mol. The van der Waals surface area contributed by atoms with Gasteiger partial charge in [0.25, 0.3) is 0 Å². The highest BCUT2D eigenvalue weighted by Crippen LogP contribution is 2.32. The number of rotatable bonds is 3. The van der Waals surface area contributed by atoms with Gasteiger partial charge < -0.3 is 10.6 Å². The van der Waals surface area contributed by atoms with E-state index in [1.54, 1.807) is 9.58 Å². The maximum absolute atomic E-state index is 12.4. The van der Waals surface area contributed by atoms with E-state index in [1.807, 2.05) is 23.6 Å². The van der Waals surface area contributed by atoms with Crippen LogP contribution in [0.3, 0.4) is 0 Å². The molecule has 8 nitrogen and oxygen atoms in total. The minimum Gasteiger partial charge on any atom is -0.383 e. The van der Waals surface area contributed by atoms with Crippen LogP contribution < -0.4 is 5.73 Å². The molecule has 1 atom stereocenters. The first-order valence-electron chi connectivity index (χ1n) is 10.4. The van der Waals surface area contributed by atoms with Crippen molar-refractivity contribution in [2.75, 3.05) is 18.8 Å². The predicted molar refractivity (Wildman–Crippen MR) is 128 cm³/mol. The lowest BCUT2D eigenvalue weighted by Crippen LogP contribution is -2.27. The lowest BCUT2D eigenvalue weighted by Gasteiger charge is -2.16. The molecule has 1 fully saturated rings. The maximum Gasteiger partial charge on any atom is 0.246 e. The van der Waals surface area contributed by atoms with Crippen molar-refractivity contribution < 1.29 is 9.59 Å². The normalized spacial score (nSPS) is 15.5. The maximum atomic E-state index is 12.4. The first-order valence-corrected chi connectivity index (χ1v) is 11.2. The van der Waals surface area contributed by atoms with E-state index in [-0.39, 0.29) is 23.6 Å². The van der Waals surface area contributed by atoms with Gasteiger partial charge in [0.1, 0.15) is 11.5 Å². The summed E-state index contributed by atoms with van der Waals surface area (Å²) in [5, 5.41) is 8.36. The number of ketones is 1. The van der Waals surface area contributed by atoms with E-state index < -0.39 is 0 Å². The summed E-state index contributed by atoms with van der Waals surface area (Å²) in [7, 11) is 0.